The second-order valence-electron chi connectivity index (χ2n) is 3.15. The first-order valence-electron chi connectivity index (χ1n) is 4.70. The third-order valence-corrected chi connectivity index (χ3v) is 2.54. The number of hydrogen-bond donors (Lipinski definition) is 3. The predicted molar refractivity (Wildman–Crippen MR) is 65.7 cm³/mol. The van der Waals surface area contributed by atoms with E-state index in [0.29, 0.717) is 15.7 Å². The lowest BCUT2D eigenvalue weighted by Crippen LogP contribution is -2.30. The van der Waals surface area contributed by atoms with Crippen LogP contribution in [-0.2, 0) is 4.79 Å². The van der Waals surface area contributed by atoms with E-state index in [1.54, 1.807) is 12.1 Å². The summed E-state index contributed by atoms with van der Waals surface area (Å²) in [5, 5.41) is 14.0. The predicted octanol–water partition coefficient (Wildman–Crippen LogP) is 2.59. The van der Waals surface area contributed by atoms with Crippen molar-refractivity contribution in [3.63, 3.8) is 0 Å². The first-order chi connectivity index (χ1) is 7.99. The van der Waals surface area contributed by atoms with E-state index in [1.165, 1.54) is 6.07 Å². The molecule has 0 atom stereocenters. The van der Waals surface area contributed by atoms with E-state index >= 15 is 0 Å². The van der Waals surface area contributed by atoms with Gasteiger partial charge in [0.25, 0.3) is 0 Å². The molecule has 0 spiro atoms. The first-order valence-corrected chi connectivity index (χ1v) is 5.46. The van der Waals surface area contributed by atoms with Gasteiger partial charge in [-0.15, -0.1) is 0 Å². The van der Waals surface area contributed by atoms with Gasteiger partial charge in [0.1, 0.15) is 0 Å². The molecule has 7 heteroatoms. The van der Waals surface area contributed by atoms with Crippen molar-refractivity contribution in [2.75, 3.05) is 11.9 Å². The highest BCUT2D eigenvalue weighted by molar-refractivity contribution is 6.42. The fourth-order valence-electron chi connectivity index (χ4n) is 1.03. The van der Waals surface area contributed by atoms with Crippen LogP contribution in [0.3, 0.4) is 0 Å². The summed E-state index contributed by atoms with van der Waals surface area (Å²) in [5.41, 5.74) is 0.479. The topological polar surface area (TPSA) is 78.4 Å². The Bertz CT molecular complexity index is 438. The quantitative estimate of drug-likeness (QED) is 0.791. The van der Waals surface area contributed by atoms with Gasteiger partial charge < -0.3 is 15.7 Å². The van der Waals surface area contributed by atoms with E-state index < -0.39 is 12.0 Å². The number of rotatable bonds is 4. The van der Waals surface area contributed by atoms with E-state index in [-0.39, 0.29) is 13.0 Å². The molecule has 2 amide bonds. The fraction of sp³-hybridized carbons (Fsp3) is 0.200. The largest absolute Gasteiger partial charge is 0.481 e. The third-order valence-electron chi connectivity index (χ3n) is 1.80. The molecule has 0 bridgehead atoms. The van der Waals surface area contributed by atoms with Gasteiger partial charge in [-0.3, -0.25) is 4.79 Å². The SMILES string of the molecule is O=C(O)CCNC(=O)Nc1ccc(Cl)c(Cl)c1. The van der Waals surface area contributed by atoms with E-state index in [0.717, 1.165) is 0 Å². The zero-order chi connectivity index (χ0) is 12.8. The molecule has 0 fully saturated rings. The monoisotopic (exact) mass is 276 g/mol. The number of carboxylic acid groups (broad SMARTS) is 1. The van der Waals surface area contributed by atoms with E-state index in [1.807, 2.05) is 0 Å². The molecule has 5 nitrogen and oxygen atoms in total. The molecule has 1 rings (SSSR count). The number of anilines is 1. The Labute approximate surface area is 108 Å². The Morgan fingerprint density at radius 1 is 1.24 bits per heavy atom. The number of carbonyl (C=O) groups is 2. The maximum atomic E-state index is 11.3. The highest BCUT2D eigenvalue weighted by atomic mass is 35.5. The molecule has 0 aliphatic rings. The summed E-state index contributed by atoms with van der Waals surface area (Å²) >= 11 is 11.5. The second-order valence-corrected chi connectivity index (χ2v) is 3.97. The minimum Gasteiger partial charge on any atom is -0.481 e. The molecule has 92 valence electrons. The summed E-state index contributed by atoms with van der Waals surface area (Å²) in [4.78, 5) is 21.5. The zero-order valence-corrected chi connectivity index (χ0v) is 10.2. The molecule has 0 saturated heterocycles. The van der Waals surface area contributed by atoms with Crippen molar-refractivity contribution in [2.24, 2.45) is 0 Å². The van der Waals surface area contributed by atoms with Gasteiger partial charge in [0.2, 0.25) is 0 Å². The maximum Gasteiger partial charge on any atom is 0.319 e. The summed E-state index contributed by atoms with van der Waals surface area (Å²) in [7, 11) is 0. The molecule has 0 heterocycles. The smallest absolute Gasteiger partial charge is 0.319 e. The van der Waals surface area contributed by atoms with Crippen LogP contribution in [-0.4, -0.2) is 23.7 Å². The van der Waals surface area contributed by atoms with Crippen molar-refractivity contribution in [2.45, 2.75) is 6.42 Å². The van der Waals surface area contributed by atoms with Gasteiger partial charge in [-0.05, 0) is 18.2 Å². The summed E-state index contributed by atoms with van der Waals surface area (Å²) in [6.45, 7) is 0.0580. The van der Waals surface area contributed by atoms with E-state index in [2.05, 4.69) is 10.6 Å². The lowest BCUT2D eigenvalue weighted by Gasteiger charge is -2.07. The zero-order valence-electron chi connectivity index (χ0n) is 8.67. The van der Waals surface area contributed by atoms with Crippen molar-refractivity contribution in [3.8, 4) is 0 Å². The van der Waals surface area contributed by atoms with Gasteiger partial charge in [-0.2, -0.15) is 0 Å². The van der Waals surface area contributed by atoms with Gasteiger partial charge >= 0.3 is 12.0 Å². The maximum absolute atomic E-state index is 11.3. The van der Waals surface area contributed by atoms with Crippen LogP contribution in [0, 0.1) is 0 Å². The molecule has 0 unspecified atom stereocenters. The van der Waals surface area contributed by atoms with Crippen LogP contribution in [0.1, 0.15) is 6.42 Å². The van der Waals surface area contributed by atoms with Crippen molar-refractivity contribution in [1.82, 2.24) is 5.32 Å². The molecule has 0 aliphatic heterocycles. The Morgan fingerprint density at radius 3 is 2.53 bits per heavy atom. The molecular weight excluding hydrogens is 267 g/mol. The number of halogens is 2. The normalized spacial score (nSPS) is 9.76. The lowest BCUT2D eigenvalue weighted by molar-refractivity contribution is -0.136. The minimum atomic E-state index is -0.972. The third kappa shape index (κ3) is 4.93. The van der Waals surface area contributed by atoms with Gasteiger partial charge in [0.15, 0.2) is 0 Å². The summed E-state index contributed by atoms with van der Waals surface area (Å²) < 4.78 is 0. The number of hydrogen-bond acceptors (Lipinski definition) is 2. The number of benzene rings is 1. The molecule has 3 N–H and O–H groups in total. The van der Waals surface area contributed by atoms with Crippen molar-refractivity contribution >= 4 is 40.9 Å². The number of nitrogens with one attached hydrogen (secondary N) is 2. The van der Waals surface area contributed by atoms with Crippen LogP contribution in [0.4, 0.5) is 10.5 Å². The number of carbonyl (C=O) groups excluding carboxylic acids is 1. The molecule has 1 aromatic carbocycles. The van der Waals surface area contributed by atoms with Gasteiger partial charge in [0.05, 0.1) is 16.5 Å². The van der Waals surface area contributed by atoms with Gasteiger partial charge in [-0.25, -0.2) is 4.79 Å². The lowest BCUT2D eigenvalue weighted by atomic mass is 10.3. The van der Waals surface area contributed by atoms with Crippen LogP contribution in [0.25, 0.3) is 0 Å². The first kappa shape index (κ1) is 13.6. The Kier molecular flexibility index (Phi) is 5.06. The standard InChI is InChI=1S/C10H10Cl2N2O3/c11-7-2-1-6(5-8(7)12)14-10(17)13-4-3-9(15)16/h1-2,5H,3-4H2,(H,15,16)(H2,13,14,17). The van der Waals surface area contributed by atoms with Crippen LogP contribution in [0.2, 0.25) is 10.0 Å². The second kappa shape index (κ2) is 6.32. The van der Waals surface area contributed by atoms with Crippen LogP contribution in [0.5, 0.6) is 0 Å². The van der Waals surface area contributed by atoms with E-state index in [9.17, 15) is 9.59 Å². The Balaban J connectivity index is 2.45. The number of aliphatic carboxylic acids is 1. The van der Waals surface area contributed by atoms with Gasteiger partial charge in [-0.1, -0.05) is 23.2 Å². The molecule has 0 aromatic heterocycles. The van der Waals surface area contributed by atoms with Crippen LogP contribution < -0.4 is 10.6 Å². The van der Waals surface area contributed by atoms with E-state index in [4.69, 9.17) is 28.3 Å². The molecule has 0 saturated carbocycles. The number of carboxylic acids is 1. The van der Waals surface area contributed by atoms with Crippen molar-refractivity contribution in [1.29, 1.82) is 0 Å². The van der Waals surface area contributed by atoms with Crippen LogP contribution in [0.15, 0.2) is 18.2 Å². The molecule has 17 heavy (non-hydrogen) atoms. The van der Waals surface area contributed by atoms with Crippen molar-refractivity contribution in [3.05, 3.63) is 28.2 Å². The highest BCUT2D eigenvalue weighted by Crippen LogP contribution is 2.24. The molecular formula is C10H10Cl2N2O3. The summed E-state index contributed by atoms with van der Waals surface area (Å²) in [6, 6.07) is 4.15. The molecule has 0 radical (unpaired) electrons. The average Bonchev–Trinajstić information content (AvgIpc) is 2.23. The van der Waals surface area contributed by atoms with Gasteiger partial charge in [0, 0.05) is 12.2 Å². The molecule has 1 aromatic rings. The minimum absolute atomic E-state index is 0.0580. The Hall–Kier alpha value is -1.46. The average molecular weight is 277 g/mol. The fourth-order valence-corrected chi connectivity index (χ4v) is 1.33. The molecule has 0 aliphatic carbocycles. The highest BCUT2D eigenvalue weighted by Gasteiger charge is 2.04. The summed E-state index contributed by atoms with van der Waals surface area (Å²) in [5.74, 6) is -0.972. The number of amides is 2. The Morgan fingerprint density at radius 2 is 1.94 bits per heavy atom. The van der Waals surface area contributed by atoms with Crippen LogP contribution >= 0.6 is 23.2 Å². The summed E-state index contributed by atoms with van der Waals surface area (Å²) in [6.07, 6.45) is -0.130. The number of urea groups is 1. The van der Waals surface area contributed by atoms with Crippen molar-refractivity contribution < 1.29 is 14.7 Å².